The van der Waals surface area contributed by atoms with Crippen molar-refractivity contribution in [3.05, 3.63) is 29.6 Å². The standard InChI is InChI=1S/C13H18N2O2/c1-3-12-11(6-8-17-12)15-13(16)10-5-4-7-14-9(10)2/h4-5,7,11-12H,3,6,8H2,1-2H3,(H,15,16)/t11-,12+/m1/s1. The molecule has 0 radical (unpaired) electrons. The molecule has 1 fully saturated rings. The Kier molecular flexibility index (Phi) is 3.74. The molecule has 4 heteroatoms. The van der Waals surface area contributed by atoms with Crippen LogP contribution in [0.5, 0.6) is 0 Å². The number of aromatic nitrogens is 1. The lowest BCUT2D eigenvalue weighted by Gasteiger charge is -2.18. The third-order valence-electron chi connectivity index (χ3n) is 3.18. The number of ether oxygens (including phenoxy) is 1. The minimum atomic E-state index is -0.0513. The normalized spacial score (nSPS) is 23.6. The predicted molar refractivity (Wildman–Crippen MR) is 64.9 cm³/mol. The molecule has 2 heterocycles. The van der Waals surface area contributed by atoms with Crippen molar-refractivity contribution < 1.29 is 9.53 Å². The number of carbonyl (C=O) groups excluding carboxylic acids is 1. The molecule has 2 atom stereocenters. The number of hydrogen-bond acceptors (Lipinski definition) is 3. The minimum Gasteiger partial charge on any atom is -0.376 e. The number of aryl methyl sites for hydroxylation is 1. The van der Waals surface area contributed by atoms with Gasteiger partial charge in [0.05, 0.1) is 17.7 Å². The minimum absolute atomic E-state index is 0.0513. The largest absolute Gasteiger partial charge is 0.376 e. The summed E-state index contributed by atoms with van der Waals surface area (Å²) in [6.07, 6.45) is 3.66. The van der Waals surface area contributed by atoms with Gasteiger partial charge in [0.1, 0.15) is 0 Å². The maximum atomic E-state index is 12.1. The van der Waals surface area contributed by atoms with E-state index in [1.54, 1.807) is 18.3 Å². The fraction of sp³-hybridized carbons (Fsp3) is 0.538. The highest BCUT2D eigenvalue weighted by Gasteiger charge is 2.28. The molecule has 17 heavy (non-hydrogen) atoms. The van der Waals surface area contributed by atoms with Crippen LogP contribution >= 0.6 is 0 Å². The van der Waals surface area contributed by atoms with Gasteiger partial charge in [-0.3, -0.25) is 9.78 Å². The van der Waals surface area contributed by atoms with Crippen molar-refractivity contribution in [3.63, 3.8) is 0 Å². The summed E-state index contributed by atoms with van der Waals surface area (Å²) in [4.78, 5) is 16.2. The van der Waals surface area contributed by atoms with Crippen LogP contribution in [0.15, 0.2) is 18.3 Å². The van der Waals surface area contributed by atoms with E-state index in [0.717, 1.165) is 25.1 Å². The van der Waals surface area contributed by atoms with Gasteiger partial charge in [0.25, 0.3) is 5.91 Å². The number of amides is 1. The van der Waals surface area contributed by atoms with Crippen LogP contribution in [0.4, 0.5) is 0 Å². The molecular weight excluding hydrogens is 216 g/mol. The van der Waals surface area contributed by atoms with E-state index in [-0.39, 0.29) is 18.1 Å². The maximum absolute atomic E-state index is 12.1. The van der Waals surface area contributed by atoms with Gasteiger partial charge in [0, 0.05) is 18.5 Å². The number of nitrogens with zero attached hydrogens (tertiary/aromatic N) is 1. The van der Waals surface area contributed by atoms with Crippen LogP contribution in [0.2, 0.25) is 0 Å². The third kappa shape index (κ3) is 2.64. The van der Waals surface area contributed by atoms with Gasteiger partial charge in [-0.2, -0.15) is 0 Å². The van der Waals surface area contributed by atoms with Crippen LogP contribution in [0, 0.1) is 6.92 Å². The second-order valence-electron chi connectivity index (χ2n) is 4.32. The van der Waals surface area contributed by atoms with Crippen LogP contribution in [0.1, 0.15) is 35.8 Å². The molecule has 1 aromatic rings. The van der Waals surface area contributed by atoms with Crippen molar-refractivity contribution in [3.8, 4) is 0 Å². The number of rotatable bonds is 3. The molecule has 0 saturated carbocycles. The smallest absolute Gasteiger partial charge is 0.253 e. The van der Waals surface area contributed by atoms with Crippen molar-refractivity contribution in [2.45, 2.75) is 38.8 Å². The molecular formula is C13H18N2O2. The van der Waals surface area contributed by atoms with Gasteiger partial charge in [0.15, 0.2) is 0 Å². The average Bonchev–Trinajstić information content (AvgIpc) is 2.76. The van der Waals surface area contributed by atoms with Crippen LogP contribution < -0.4 is 5.32 Å². The monoisotopic (exact) mass is 234 g/mol. The average molecular weight is 234 g/mol. The molecule has 0 aromatic carbocycles. The van der Waals surface area contributed by atoms with Crippen LogP contribution in [-0.2, 0) is 4.74 Å². The Morgan fingerprint density at radius 2 is 2.47 bits per heavy atom. The highest BCUT2D eigenvalue weighted by Crippen LogP contribution is 2.17. The first kappa shape index (κ1) is 12.0. The van der Waals surface area contributed by atoms with Crippen LogP contribution in [-0.4, -0.2) is 29.6 Å². The van der Waals surface area contributed by atoms with E-state index in [2.05, 4.69) is 17.2 Å². The Labute approximate surface area is 101 Å². The highest BCUT2D eigenvalue weighted by atomic mass is 16.5. The van der Waals surface area contributed by atoms with E-state index in [9.17, 15) is 4.79 Å². The Morgan fingerprint density at radius 3 is 3.18 bits per heavy atom. The van der Waals surface area contributed by atoms with Gasteiger partial charge in [0.2, 0.25) is 0 Å². The summed E-state index contributed by atoms with van der Waals surface area (Å²) >= 11 is 0. The van der Waals surface area contributed by atoms with E-state index in [0.29, 0.717) is 5.56 Å². The molecule has 0 unspecified atom stereocenters. The van der Waals surface area contributed by atoms with Gasteiger partial charge in [-0.15, -0.1) is 0 Å². The van der Waals surface area contributed by atoms with Gasteiger partial charge >= 0.3 is 0 Å². The Bertz CT molecular complexity index is 406. The van der Waals surface area contributed by atoms with E-state index in [4.69, 9.17) is 4.74 Å². The molecule has 0 aliphatic carbocycles. The fourth-order valence-electron chi connectivity index (χ4n) is 2.19. The summed E-state index contributed by atoms with van der Waals surface area (Å²) in [6, 6.07) is 3.71. The van der Waals surface area contributed by atoms with E-state index in [1.807, 2.05) is 6.92 Å². The molecule has 4 nitrogen and oxygen atoms in total. The topological polar surface area (TPSA) is 51.2 Å². The second-order valence-corrected chi connectivity index (χ2v) is 4.32. The number of nitrogens with one attached hydrogen (secondary N) is 1. The van der Waals surface area contributed by atoms with Crippen molar-refractivity contribution >= 4 is 5.91 Å². The summed E-state index contributed by atoms with van der Waals surface area (Å²) < 4.78 is 5.55. The molecule has 1 amide bonds. The van der Waals surface area contributed by atoms with Gasteiger partial charge < -0.3 is 10.1 Å². The SMILES string of the molecule is CC[C@@H]1OCC[C@H]1NC(=O)c1cccnc1C. The summed E-state index contributed by atoms with van der Waals surface area (Å²) in [7, 11) is 0. The van der Waals surface area contributed by atoms with Crippen LogP contribution in [0.25, 0.3) is 0 Å². The maximum Gasteiger partial charge on any atom is 0.253 e. The quantitative estimate of drug-likeness (QED) is 0.865. The molecule has 0 bridgehead atoms. The summed E-state index contributed by atoms with van der Waals surface area (Å²) in [5.74, 6) is -0.0513. The number of hydrogen-bond donors (Lipinski definition) is 1. The molecule has 1 aliphatic heterocycles. The lowest BCUT2D eigenvalue weighted by molar-refractivity contribution is 0.0808. The molecule has 1 saturated heterocycles. The zero-order valence-electron chi connectivity index (χ0n) is 10.3. The van der Waals surface area contributed by atoms with E-state index >= 15 is 0 Å². The van der Waals surface area contributed by atoms with E-state index in [1.165, 1.54) is 0 Å². The summed E-state index contributed by atoms with van der Waals surface area (Å²) in [5.41, 5.74) is 1.41. The lowest BCUT2D eigenvalue weighted by Crippen LogP contribution is -2.40. The first-order valence-electron chi connectivity index (χ1n) is 6.06. The predicted octanol–water partition coefficient (Wildman–Crippen LogP) is 1.69. The molecule has 1 aliphatic rings. The zero-order chi connectivity index (χ0) is 12.3. The molecule has 0 spiro atoms. The molecule has 1 aromatic heterocycles. The van der Waals surface area contributed by atoms with Crippen molar-refractivity contribution in [1.29, 1.82) is 0 Å². The first-order valence-corrected chi connectivity index (χ1v) is 6.06. The molecule has 1 N–H and O–H groups in total. The lowest BCUT2D eigenvalue weighted by atomic mass is 10.1. The highest BCUT2D eigenvalue weighted by molar-refractivity contribution is 5.95. The molecule has 2 rings (SSSR count). The van der Waals surface area contributed by atoms with Crippen molar-refractivity contribution in [1.82, 2.24) is 10.3 Å². The number of pyridine rings is 1. The van der Waals surface area contributed by atoms with Gasteiger partial charge in [-0.25, -0.2) is 0 Å². The Hall–Kier alpha value is -1.42. The Balaban J connectivity index is 2.04. The summed E-state index contributed by atoms with van der Waals surface area (Å²) in [6.45, 7) is 4.65. The zero-order valence-corrected chi connectivity index (χ0v) is 10.3. The Morgan fingerprint density at radius 1 is 1.65 bits per heavy atom. The van der Waals surface area contributed by atoms with Crippen LogP contribution in [0.3, 0.4) is 0 Å². The third-order valence-corrected chi connectivity index (χ3v) is 3.18. The van der Waals surface area contributed by atoms with Crippen molar-refractivity contribution in [2.24, 2.45) is 0 Å². The first-order chi connectivity index (χ1) is 8.22. The van der Waals surface area contributed by atoms with E-state index < -0.39 is 0 Å². The van der Waals surface area contributed by atoms with Gasteiger partial charge in [-0.05, 0) is 31.9 Å². The fourth-order valence-corrected chi connectivity index (χ4v) is 2.19. The molecule has 92 valence electrons. The summed E-state index contributed by atoms with van der Waals surface area (Å²) in [5, 5.41) is 3.03. The second kappa shape index (κ2) is 5.27. The van der Waals surface area contributed by atoms with Crippen molar-refractivity contribution in [2.75, 3.05) is 6.61 Å². The number of carbonyl (C=O) groups is 1. The van der Waals surface area contributed by atoms with Gasteiger partial charge in [-0.1, -0.05) is 6.92 Å².